The molecule has 0 N–H and O–H groups in total. The predicted octanol–water partition coefficient (Wildman–Crippen LogP) is 5.15. The Labute approximate surface area is 148 Å². The normalized spacial score (nSPS) is 14.1. The molecule has 0 amide bonds. The van der Waals surface area contributed by atoms with E-state index in [1.54, 1.807) is 0 Å². The Morgan fingerprint density at radius 1 is 0.542 bits per heavy atom. The Kier molecular flexibility index (Phi) is 7.48. The van der Waals surface area contributed by atoms with Crippen LogP contribution in [0.3, 0.4) is 0 Å². The van der Waals surface area contributed by atoms with Crippen LogP contribution in [0.15, 0.2) is 60.7 Å². The second kappa shape index (κ2) is 9.61. The summed E-state index contributed by atoms with van der Waals surface area (Å²) in [4.78, 5) is 5.18. The lowest BCUT2D eigenvalue weighted by Gasteiger charge is -2.42. The molecule has 130 valence electrons. The third-order valence-electron chi connectivity index (χ3n) is 4.99. The summed E-state index contributed by atoms with van der Waals surface area (Å²) in [5.41, 5.74) is 2.81. The SMILES string of the molecule is CCN(CC)[C@H](c1ccccc1)[C@@H](c1ccccc1)N(CC)CC. The fraction of sp³-hybridized carbons (Fsp3) is 0.455. The third kappa shape index (κ3) is 4.25. The van der Waals surface area contributed by atoms with Gasteiger partial charge in [0.1, 0.15) is 0 Å². The van der Waals surface area contributed by atoms with Gasteiger partial charge in [0.25, 0.3) is 0 Å². The molecule has 0 spiro atoms. The molecule has 2 rings (SSSR count). The van der Waals surface area contributed by atoms with Gasteiger partial charge in [0.2, 0.25) is 0 Å². The van der Waals surface area contributed by atoms with Crippen molar-refractivity contribution in [2.75, 3.05) is 26.2 Å². The minimum Gasteiger partial charge on any atom is -0.295 e. The van der Waals surface area contributed by atoms with Gasteiger partial charge in [0.05, 0.1) is 12.1 Å². The van der Waals surface area contributed by atoms with Gasteiger partial charge in [0, 0.05) is 0 Å². The first-order chi connectivity index (χ1) is 11.8. The molecule has 0 heterocycles. The van der Waals surface area contributed by atoms with E-state index < -0.39 is 0 Å². The molecule has 0 aliphatic carbocycles. The van der Waals surface area contributed by atoms with Crippen LogP contribution in [0.25, 0.3) is 0 Å². The molecule has 2 atom stereocenters. The summed E-state index contributed by atoms with van der Waals surface area (Å²) in [5, 5.41) is 0. The molecule has 2 aromatic carbocycles. The van der Waals surface area contributed by atoms with Crippen molar-refractivity contribution in [3.8, 4) is 0 Å². The van der Waals surface area contributed by atoms with Crippen molar-refractivity contribution in [1.82, 2.24) is 9.80 Å². The Morgan fingerprint density at radius 3 is 1.08 bits per heavy atom. The van der Waals surface area contributed by atoms with Gasteiger partial charge in [-0.25, -0.2) is 0 Å². The highest BCUT2D eigenvalue weighted by Gasteiger charge is 2.32. The minimum absolute atomic E-state index is 0.364. The lowest BCUT2D eigenvalue weighted by Crippen LogP contribution is -2.41. The van der Waals surface area contributed by atoms with Crippen LogP contribution in [-0.2, 0) is 0 Å². The van der Waals surface area contributed by atoms with Crippen LogP contribution in [0.5, 0.6) is 0 Å². The van der Waals surface area contributed by atoms with Gasteiger partial charge in [-0.3, -0.25) is 9.80 Å². The van der Waals surface area contributed by atoms with E-state index in [0.29, 0.717) is 12.1 Å². The zero-order valence-corrected chi connectivity index (χ0v) is 15.7. The summed E-state index contributed by atoms with van der Waals surface area (Å²) in [6.45, 7) is 13.3. The summed E-state index contributed by atoms with van der Waals surface area (Å²) in [6.07, 6.45) is 0. The number of benzene rings is 2. The second-order valence-corrected chi connectivity index (χ2v) is 6.15. The Morgan fingerprint density at radius 2 is 0.833 bits per heavy atom. The molecule has 0 fully saturated rings. The average molecular weight is 325 g/mol. The van der Waals surface area contributed by atoms with Crippen molar-refractivity contribution >= 4 is 0 Å². The monoisotopic (exact) mass is 324 g/mol. The zero-order chi connectivity index (χ0) is 17.4. The molecule has 0 saturated heterocycles. The fourth-order valence-corrected chi connectivity index (χ4v) is 3.72. The number of likely N-dealkylation sites (N-methyl/N-ethyl adjacent to an activating group) is 2. The molecular formula is C22H32N2. The smallest absolute Gasteiger partial charge is 0.0545 e. The number of hydrogen-bond acceptors (Lipinski definition) is 2. The van der Waals surface area contributed by atoms with Crippen LogP contribution in [0.4, 0.5) is 0 Å². The van der Waals surface area contributed by atoms with E-state index in [2.05, 4.69) is 98.2 Å². The Hall–Kier alpha value is -1.64. The highest BCUT2D eigenvalue weighted by molar-refractivity contribution is 5.28. The molecular weight excluding hydrogens is 292 g/mol. The number of hydrogen-bond donors (Lipinski definition) is 0. The standard InChI is InChI=1S/C22H32N2/c1-5-23(6-2)21(19-15-11-9-12-16-19)22(24(7-3)8-4)20-17-13-10-14-18-20/h9-18,21-22H,5-8H2,1-4H3/t21-,22-/m1/s1. The predicted molar refractivity (Wildman–Crippen MR) is 104 cm³/mol. The van der Waals surface area contributed by atoms with Gasteiger partial charge in [-0.15, -0.1) is 0 Å². The average Bonchev–Trinajstić information content (AvgIpc) is 2.66. The quantitative estimate of drug-likeness (QED) is 0.629. The van der Waals surface area contributed by atoms with E-state index >= 15 is 0 Å². The first-order valence-electron chi connectivity index (χ1n) is 9.34. The molecule has 0 saturated carbocycles. The number of rotatable bonds is 9. The van der Waals surface area contributed by atoms with Crippen molar-refractivity contribution in [1.29, 1.82) is 0 Å². The van der Waals surface area contributed by atoms with Crippen molar-refractivity contribution in [2.24, 2.45) is 0 Å². The molecule has 2 aromatic rings. The highest BCUT2D eigenvalue weighted by Crippen LogP contribution is 2.38. The zero-order valence-electron chi connectivity index (χ0n) is 15.7. The minimum atomic E-state index is 0.364. The van der Waals surface area contributed by atoms with Gasteiger partial charge in [-0.1, -0.05) is 88.4 Å². The summed E-state index contributed by atoms with van der Waals surface area (Å²) >= 11 is 0. The van der Waals surface area contributed by atoms with E-state index in [1.807, 2.05) is 0 Å². The summed E-state index contributed by atoms with van der Waals surface area (Å²) < 4.78 is 0. The largest absolute Gasteiger partial charge is 0.295 e. The molecule has 2 heteroatoms. The lowest BCUT2D eigenvalue weighted by atomic mass is 9.90. The van der Waals surface area contributed by atoms with Crippen molar-refractivity contribution in [3.63, 3.8) is 0 Å². The van der Waals surface area contributed by atoms with Crippen molar-refractivity contribution in [2.45, 2.75) is 39.8 Å². The van der Waals surface area contributed by atoms with E-state index in [-0.39, 0.29) is 0 Å². The number of nitrogens with zero attached hydrogens (tertiary/aromatic N) is 2. The van der Waals surface area contributed by atoms with E-state index in [4.69, 9.17) is 0 Å². The maximum Gasteiger partial charge on any atom is 0.0545 e. The van der Waals surface area contributed by atoms with Crippen LogP contribution in [0.1, 0.15) is 50.9 Å². The van der Waals surface area contributed by atoms with Crippen LogP contribution in [0, 0.1) is 0 Å². The van der Waals surface area contributed by atoms with Crippen molar-refractivity contribution in [3.05, 3.63) is 71.8 Å². The maximum atomic E-state index is 2.59. The summed E-state index contributed by atoms with van der Waals surface area (Å²) in [5.74, 6) is 0. The molecule has 2 nitrogen and oxygen atoms in total. The molecule has 0 unspecified atom stereocenters. The maximum absolute atomic E-state index is 2.59. The van der Waals surface area contributed by atoms with E-state index in [0.717, 1.165) is 26.2 Å². The van der Waals surface area contributed by atoms with Gasteiger partial charge < -0.3 is 0 Å². The third-order valence-corrected chi connectivity index (χ3v) is 4.99. The van der Waals surface area contributed by atoms with Crippen LogP contribution < -0.4 is 0 Å². The van der Waals surface area contributed by atoms with Crippen LogP contribution in [0.2, 0.25) is 0 Å². The topological polar surface area (TPSA) is 6.48 Å². The van der Waals surface area contributed by atoms with Crippen molar-refractivity contribution < 1.29 is 0 Å². The first kappa shape index (κ1) is 18.7. The Bertz CT molecular complexity index is 506. The molecule has 0 aromatic heterocycles. The molecule has 0 bridgehead atoms. The van der Waals surface area contributed by atoms with Crippen LogP contribution >= 0.6 is 0 Å². The lowest BCUT2D eigenvalue weighted by molar-refractivity contribution is 0.0889. The molecule has 24 heavy (non-hydrogen) atoms. The van der Waals surface area contributed by atoms with Crippen LogP contribution in [-0.4, -0.2) is 36.0 Å². The summed E-state index contributed by atoms with van der Waals surface area (Å²) in [7, 11) is 0. The first-order valence-corrected chi connectivity index (χ1v) is 9.34. The Balaban J connectivity index is 2.55. The molecule has 0 radical (unpaired) electrons. The fourth-order valence-electron chi connectivity index (χ4n) is 3.72. The summed E-state index contributed by atoms with van der Waals surface area (Å²) in [6, 6.07) is 22.7. The van der Waals surface area contributed by atoms with Gasteiger partial charge >= 0.3 is 0 Å². The molecule has 0 aliphatic heterocycles. The van der Waals surface area contributed by atoms with Gasteiger partial charge in [-0.05, 0) is 37.3 Å². The van der Waals surface area contributed by atoms with Gasteiger partial charge in [-0.2, -0.15) is 0 Å². The van der Waals surface area contributed by atoms with E-state index in [9.17, 15) is 0 Å². The van der Waals surface area contributed by atoms with Gasteiger partial charge in [0.15, 0.2) is 0 Å². The molecule has 0 aliphatic rings. The second-order valence-electron chi connectivity index (χ2n) is 6.15. The van der Waals surface area contributed by atoms with E-state index in [1.165, 1.54) is 11.1 Å². The highest BCUT2D eigenvalue weighted by atomic mass is 15.2.